The van der Waals surface area contributed by atoms with Crippen LogP contribution in [0.15, 0.2) is 28.7 Å². The van der Waals surface area contributed by atoms with Crippen molar-refractivity contribution in [2.75, 3.05) is 11.4 Å². The van der Waals surface area contributed by atoms with Gasteiger partial charge in [0, 0.05) is 11.0 Å². The topological polar surface area (TPSA) is 32.3 Å². The lowest BCUT2D eigenvalue weighted by Gasteiger charge is -2.28. The van der Waals surface area contributed by atoms with E-state index in [1.807, 2.05) is 29.2 Å². The number of para-hydroxylation sites is 1. The lowest BCUT2D eigenvalue weighted by molar-refractivity contribution is -0.119. The number of carbonyl (C=O) groups excluding carboxylic acids is 1. The van der Waals surface area contributed by atoms with Crippen LogP contribution in [-0.2, 0) is 4.79 Å². The van der Waals surface area contributed by atoms with Crippen molar-refractivity contribution in [3.05, 3.63) is 28.7 Å². The average molecular weight is 267 g/mol. The third-order valence-electron chi connectivity index (χ3n) is 3.12. The van der Waals surface area contributed by atoms with Gasteiger partial charge in [-0.2, -0.15) is 0 Å². The molecule has 1 aromatic carbocycles. The van der Waals surface area contributed by atoms with E-state index in [0.717, 1.165) is 23.1 Å². The van der Waals surface area contributed by atoms with Crippen LogP contribution in [-0.4, -0.2) is 24.5 Å². The number of piperazine rings is 1. The molecule has 1 amide bonds. The van der Waals surface area contributed by atoms with Gasteiger partial charge in [0.15, 0.2) is 0 Å². The molecule has 78 valence electrons. The molecule has 2 aliphatic heterocycles. The number of rotatable bonds is 1. The highest BCUT2D eigenvalue weighted by molar-refractivity contribution is 9.10. The molecule has 2 bridgehead atoms. The van der Waals surface area contributed by atoms with Crippen molar-refractivity contribution < 1.29 is 4.79 Å². The van der Waals surface area contributed by atoms with Gasteiger partial charge in [-0.1, -0.05) is 12.1 Å². The molecule has 0 spiro atoms. The predicted octanol–water partition coefficient (Wildman–Crippen LogP) is 1.53. The van der Waals surface area contributed by atoms with Crippen LogP contribution >= 0.6 is 15.9 Å². The Hall–Kier alpha value is -0.870. The molecule has 4 heteroatoms. The Bertz CT molecular complexity index is 421. The molecular formula is C11H11BrN2O. The quantitative estimate of drug-likeness (QED) is 0.836. The first-order chi connectivity index (χ1) is 7.27. The zero-order valence-corrected chi connectivity index (χ0v) is 9.70. The van der Waals surface area contributed by atoms with Gasteiger partial charge in [0.2, 0.25) is 5.91 Å². The van der Waals surface area contributed by atoms with E-state index >= 15 is 0 Å². The number of nitrogens with one attached hydrogen (secondary N) is 1. The third kappa shape index (κ3) is 1.32. The van der Waals surface area contributed by atoms with Crippen molar-refractivity contribution >= 4 is 27.5 Å². The van der Waals surface area contributed by atoms with Gasteiger partial charge in [-0.25, -0.2) is 0 Å². The third-order valence-corrected chi connectivity index (χ3v) is 3.79. The summed E-state index contributed by atoms with van der Waals surface area (Å²) in [5.41, 5.74) is 0.997. The molecule has 3 nitrogen and oxygen atoms in total. The van der Waals surface area contributed by atoms with E-state index in [-0.39, 0.29) is 11.9 Å². The second-order valence-corrected chi connectivity index (χ2v) is 4.86. The van der Waals surface area contributed by atoms with E-state index in [2.05, 4.69) is 21.2 Å². The number of anilines is 1. The fraction of sp³-hybridized carbons (Fsp3) is 0.364. The van der Waals surface area contributed by atoms with Crippen LogP contribution in [0, 0.1) is 0 Å². The van der Waals surface area contributed by atoms with Crippen LogP contribution < -0.4 is 10.2 Å². The zero-order chi connectivity index (χ0) is 10.4. The summed E-state index contributed by atoms with van der Waals surface area (Å²) in [6, 6.07) is 8.27. The summed E-state index contributed by atoms with van der Waals surface area (Å²) in [5, 5.41) is 3.22. The van der Waals surface area contributed by atoms with Crippen molar-refractivity contribution in [2.24, 2.45) is 0 Å². The number of carbonyl (C=O) groups is 1. The Morgan fingerprint density at radius 3 is 2.87 bits per heavy atom. The molecule has 0 radical (unpaired) electrons. The zero-order valence-electron chi connectivity index (χ0n) is 8.11. The molecule has 2 heterocycles. The number of hydrogen-bond donors (Lipinski definition) is 1. The van der Waals surface area contributed by atoms with E-state index < -0.39 is 0 Å². The predicted molar refractivity (Wildman–Crippen MR) is 61.8 cm³/mol. The van der Waals surface area contributed by atoms with Gasteiger partial charge in [0.25, 0.3) is 0 Å². The lowest BCUT2D eigenvalue weighted by Crippen LogP contribution is -2.48. The summed E-state index contributed by atoms with van der Waals surface area (Å²) >= 11 is 3.49. The maximum absolute atomic E-state index is 12.0. The minimum atomic E-state index is 0.0436. The fourth-order valence-corrected chi connectivity index (χ4v) is 2.89. The van der Waals surface area contributed by atoms with Crippen LogP contribution in [0.2, 0.25) is 0 Å². The molecule has 2 saturated heterocycles. The van der Waals surface area contributed by atoms with Gasteiger partial charge in [-0.05, 0) is 34.5 Å². The first-order valence-corrected chi connectivity index (χ1v) is 5.87. The van der Waals surface area contributed by atoms with E-state index in [1.54, 1.807) is 0 Å². The van der Waals surface area contributed by atoms with Crippen LogP contribution in [0.5, 0.6) is 0 Å². The number of nitrogens with zero attached hydrogens (tertiary/aromatic N) is 1. The summed E-state index contributed by atoms with van der Waals surface area (Å²) in [4.78, 5) is 13.9. The first kappa shape index (κ1) is 9.36. The molecule has 0 aliphatic carbocycles. The van der Waals surface area contributed by atoms with Gasteiger partial charge in [-0.3, -0.25) is 4.79 Å². The summed E-state index contributed by atoms with van der Waals surface area (Å²) in [5.74, 6) is 0.207. The molecule has 0 aromatic heterocycles. The Kier molecular flexibility index (Phi) is 2.07. The standard InChI is InChI=1S/C11H11BrN2O/c12-8-3-1-2-4-10(8)14-7-5-9(11(14)15)13-6-7/h1-4,7,9,13H,5-6H2. The molecule has 2 atom stereocenters. The second kappa shape index (κ2) is 3.32. The minimum Gasteiger partial charge on any atom is -0.306 e. The van der Waals surface area contributed by atoms with E-state index in [1.165, 1.54) is 0 Å². The Morgan fingerprint density at radius 2 is 2.20 bits per heavy atom. The number of halogens is 1. The molecular weight excluding hydrogens is 256 g/mol. The van der Waals surface area contributed by atoms with Crippen LogP contribution in [0.4, 0.5) is 5.69 Å². The highest BCUT2D eigenvalue weighted by atomic mass is 79.9. The molecule has 0 saturated carbocycles. The minimum absolute atomic E-state index is 0.0436. The van der Waals surface area contributed by atoms with Crippen molar-refractivity contribution in [3.8, 4) is 0 Å². The number of benzene rings is 1. The van der Waals surface area contributed by atoms with E-state index in [9.17, 15) is 4.79 Å². The van der Waals surface area contributed by atoms with Gasteiger partial charge in [0.1, 0.15) is 0 Å². The molecule has 1 N–H and O–H groups in total. The SMILES string of the molecule is O=C1C2CC(CN2)N1c1ccccc1Br. The maximum atomic E-state index is 12.0. The molecule has 15 heavy (non-hydrogen) atoms. The number of fused-ring (bicyclic) bond motifs is 2. The van der Waals surface area contributed by atoms with Gasteiger partial charge in [0.05, 0.1) is 17.8 Å². The monoisotopic (exact) mass is 266 g/mol. The number of hydrogen-bond acceptors (Lipinski definition) is 2. The molecule has 3 rings (SSSR count). The van der Waals surface area contributed by atoms with Gasteiger partial charge < -0.3 is 10.2 Å². The highest BCUT2D eigenvalue weighted by Gasteiger charge is 2.45. The van der Waals surface area contributed by atoms with E-state index in [0.29, 0.717) is 6.04 Å². The lowest BCUT2D eigenvalue weighted by atomic mass is 10.2. The second-order valence-electron chi connectivity index (χ2n) is 4.01. The van der Waals surface area contributed by atoms with Crippen LogP contribution in [0.25, 0.3) is 0 Å². The summed E-state index contributed by atoms with van der Waals surface area (Å²) in [6.07, 6.45) is 0.945. The number of amides is 1. The summed E-state index contributed by atoms with van der Waals surface area (Å²) < 4.78 is 0.992. The van der Waals surface area contributed by atoms with Crippen molar-refractivity contribution in [1.29, 1.82) is 0 Å². The molecule has 2 unspecified atom stereocenters. The van der Waals surface area contributed by atoms with Crippen molar-refractivity contribution in [1.82, 2.24) is 5.32 Å². The van der Waals surface area contributed by atoms with Gasteiger partial charge in [-0.15, -0.1) is 0 Å². The van der Waals surface area contributed by atoms with Crippen molar-refractivity contribution in [3.63, 3.8) is 0 Å². The van der Waals surface area contributed by atoms with E-state index in [4.69, 9.17) is 0 Å². The summed E-state index contributed by atoms with van der Waals surface area (Å²) in [6.45, 7) is 0.914. The largest absolute Gasteiger partial charge is 0.306 e. The van der Waals surface area contributed by atoms with Gasteiger partial charge >= 0.3 is 0 Å². The fourth-order valence-electron chi connectivity index (χ4n) is 2.41. The first-order valence-electron chi connectivity index (χ1n) is 5.08. The Morgan fingerprint density at radius 1 is 1.40 bits per heavy atom. The smallest absolute Gasteiger partial charge is 0.244 e. The van der Waals surface area contributed by atoms with Crippen molar-refractivity contribution in [2.45, 2.75) is 18.5 Å². The molecule has 1 aromatic rings. The Balaban J connectivity index is 2.02. The highest BCUT2D eigenvalue weighted by Crippen LogP contribution is 2.34. The summed E-state index contributed by atoms with van der Waals surface area (Å²) in [7, 11) is 0. The average Bonchev–Trinajstić information content (AvgIpc) is 2.80. The van der Waals surface area contributed by atoms with Crippen LogP contribution in [0.1, 0.15) is 6.42 Å². The molecule has 2 aliphatic rings. The normalized spacial score (nSPS) is 28.9. The van der Waals surface area contributed by atoms with Crippen LogP contribution in [0.3, 0.4) is 0 Å². The Labute approximate surface area is 96.6 Å². The molecule has 2 fully saturated rings. The maximum Gasteiger partial charge on any atom is 0.244 e.